The average Bonchev–Trinajstić information content (AvgIpc) is 3.56. The highest BCUT2D eigenvalue weighted by Gasteiger charge is 2.17. The summed E-state index contributed by atoms with van der Waals surface area (Å²) in [5, 5.41) is 9.60. The Hall–Kier alpha value is -6.36. The van der Waals surface area contributed by atoms with E-state index in [1.165, 1.54) is 16.2 Å². The van der Waals surface area contributed by atoms with Crippen molar-refractivity contribution in [2.24, 2.45) is 0 Å². The molecule has 0 aliphatic carbocycles. The molecule has 0 fully saturated rings. The molecule has 0 saturated heterocycles. The van der Waals surface area contributed by atoms with Crippen LogP contribution in [-0.2, 0) is 0 Å². The third-order valence-corrected chi connectivity index (χ3v) is 9.77. The lowest BCUT2D eigenvalue weighted by molar-refractivity contribution is 0.669. The molecule has 0 aliphatic rings. The van der Waals surface area contributed by atoms with Gasteiger partial charge in [-0.05, 0) is 92.0 Å². The summed E-state index contributed by atoms with van der Waals surface area (Å²) >= 11 is 6.47. The van der Waals surface area contributed by atoms with Crippen LogP contribution in [0.5, 0.6) is 0 Å². The van der Waals surface area contributed by atoms with Crippen LogP contribution in [0.4, 0.5) is 0 Å². The lowest BCUT2D eigenvalue weighted by atomic mass is 10.00. The molecule has 2 heterocycles. The van der Waals surface area contributed by atoms with Crippen molar-refractivity contribution in [3.8, 4) is 45.3 Å². The smallest absolute Gasteiger partial charge is 0.164 e. The highest BCUT2D eigenvalue weighted by Crippen LogP contribution is 2.38. The molecule has 0 unspecified atom stereocenters. The summed E-state index contributed by atoms with van der Waals surface area (Å²) in [4.78, 5) is 15.3. The van der Waals surface area contributed by atoms with Gasteiger partial charge in [0.2, 0.25) is 0 Å². The summed E-state index contributed by atoms with van der Waals surface area (Å²) in [6, 6.07) is 54.2. The second-order valence-corrected chi connectivity index (χ2v) is 13.0. The maximum Gasteiger partial charge on any atom is 0.164 e. The molecule has 10 rings (SSSR count). The minimum Gasteiger partial charge on any atom is -0.456 e. The first-order valence-corrected chi connectivity index (χ1v) is 16.9. The van der Waals surface area contributed by atoms with Gasteiger partial charge in [-0.3, -0.25) is 0 Å². The predicted molar refractivity (Wildman–Crippen MR) is 206 cm³/mol. The van der Waals surface area contributed by atoms with E-state index in [0.29, 0.717) is 22.5 Å². The summed E-state index contributed by atoms with van der Waals surface area (Å²) in [5.74, 6) is 1.80. The van der Waals surface area contributed by atoms with Gasteiger partial charge in [0.25, 0.3) is 0 Å². The van der Waals surface area contributed by atoms with Gasteiger partial charge in [-0.25, -0.2) is 15.0 Å². The minimum atomic E-state index is 0.586. The Labute approximate surface area is 292 Å². The normalized spacial score (nSPS) is 11.7. The van der Waals surface area contributed by atoms with Gasteiger partial charge >= 0.3 is 0 Å². The number of hydrogen-bond acceptors (Lipinski definition) is 4. The van der Waals surface area contributed by atoms with E-state index in [9.17, 15) is 0 Å². The number of rotatable bonds is 4. The Balaban J connectivity index is 1.19. The van der Waals surface area contributed by atoms with Crippen LogP contribution in [0.25, 0.3) is 99.5 Å². The van der Waals surface area contributed by atoms with Crippen LogP contribution >= 0.6 is 11.6 Å². The van der Waals surface area contributed by atoms with Crippen molar-refractivity contribution in [2.45, 2.75) is 0 Å². The molecule has 0 radical (unpaired) electrons. The number of aromatic nitrogens is 3. The average molecular weight is 660 g/mol. The van der Waals surface area contributed by atoms with Gasteiger partial charge in [-0.15, -0.1) is 0 Å². The first-order valence-electron chi connectivity index (χ1n) is 16.5. The van der Waals surface area contributed by atoms with Gasteiger partial charge in [-0.2, -0.15) is 0 Å². The van der Waals surface area contributed by atoms with Crippen LogP contribution in [0.3, 0.4) is 0 Å². The van der Waals surface area contributed by atoms with E-state index in [2.05, 4.69) is 115 Å². The number of benzene rings is 8. The molecule has 4 nitrogen and oxygen atoms in total. The lowest BCUT2D eigenvalue weighted by Crippen LogP contribution is -2.00. The maximum atomic E-state index is 6.47. The molecule has 50 heavy (non-hydrogen) atoms. The summed E-state index contributed by atoms with van der Waals surface area (Å²) in [6.45, 7) is 0. The highest BCUT2D eigenvalue weighted by atomic mass is 35.5. The van der Waals surface area contributed by atoms with Crippen molar-refractivity contribution in [3.63, 3.8) is 0 Å². The Morgan fingerprint density at radius 1 is 0.360 bits per heavy atom. The molecule has 0 atom stereocenters. The Morgan fingerprint density at radius 3 is 1.82 bits per heavy atom. The quantitative estimate of drug-likeness (QED) is 0.176. The Bertz CT molecular complexity index is 2950. The second kappa shape index (κ2) is 11.4. The molecule has 8 aromatic carbocycles. The first-order chi connectivity index (χ1) is 24.6. The molecule has 0 N–H and O–H groups in total. The fraction of sp³-hybridized carbons (Fsp3) is 0. The maximum absolute atomic E-state index is 6.47. The van der Waals surface area contributed by atoms with Crippen molar-refractivity contribution in [1.29, 1.82) is 0 Å². The van der Waals surface area contributed by atoms with E-state index in [4.69, 9.17) is 31.0 Å². The number of fused-ring (bicyclic) bond motifs is 8. The number of furan rings is 1. The fourth-order valence-corrected chi connectivity index (χ4v) is 7.26. The van der Waals surface area contributed by atoms with Crippen molar-refractivity contribution in [2.75, 3.05) is 0 Å². The highest BCUT2D eigenvalue weighted by molar-refractivity contribution is 6.32. The third-order valence-electron chi connectivity index (χ3n) is 9.54. The van der Waals surface area contributed by atoms with Gasteiger partial charge < -0.3 is 4.42 Å². The van der Waals surface area contributed by atoms with Crippen molar-refractivity contribution in [3.05, 3.63) is 163 Å². The van der Waals surface area contributed by atoms with E-state index in [1.807, 2.05) is 42.5 Å². The molecule has 234 valence electrons. The zero-order chi connectivity index (χ0) is 33.2. The van der Waals surface area contributed by atoms with Crippen LogP contribution in [0.2, 0.25) is 5.02 Å². The van der Waals surface area contributed by atoms with Gasteiger partial charge in [-0.1, -0.05) is 121 Å². The topological polar surface area (TPSA) is 51.8 Å². The Morgan fingerprint density at radius 2 is 0.960 bits per heavy atom. The van der Waals surface area contributed by atoms with E-state index in [1.54, 1.807) is 0 Å². The molecular formula is C45H26ClN3O. The van der Waals surface area contributed by atoms with Gasteiger partial charge in [0.15, 0.2) is 17.5 Å². The van der Waals surface area contributed by atoms with Crippen LogP contribution in [-0.4, -0.2) is 15.0 Å². The molecule has 0 spiro atoms. The summed E-state index contributed by atoms with van der Waals surface area (Å²) in [5.41, 5.74) is 6.55. The molecule has 0 bridgehead atoms. The number of hydrogen-bond donors (Lipinski definition) is 0. The zero-order valence-electron chi connectivity index (χ0n) is 26.6. The van der Waals surface area contributed by atoms with Gasteiger partial charge in [0.05, 0.1) is 0 Å². The van der Waals surface area contributed by atoms with Crippen LogP contribution < -0.4 is 0 Å². The molecule has 0 saturated carbocycles. The van der Waals surface area contributed by atoms with Crippen LogP contribution in [0.15, 0.2) is 162 Å². The van der Waals surface area contributed by atoms with E-state index >= 15 is 0 Å². The monoisotopic (exact) mass is 659 g/mol. The Kier molecular flexibility index (Phi) is 6.51. The van der Waals surface area contributed by atoms with Crippen LogP contribution in [0, 0.1) is 0 Å². The van der Waals surface area contributed by atoms with Gasteiger partial charge in [0.1, 0.15) is 11.2 Å². The minimum absolute atomic E-state index is 0.586. The summed E-state index contributed by atoms with van der Waals surface area (Å²) in [7, 11) is 0. The van der Waals surface area contributed by atoms with E-state index in [0.717, 1.165) is 65.9 Å². The van der Waals surface area contributed by atoms with Crippen molar-refractivity contribution >= 4 is 65.9 Å². The SMILES string of the molecule is Clc1ccc2ccc3oc4ccc(-c5nc(-c6cccc(-c7ccccc7)c6)nc(-c6ccc7c(ccc8ccccc87)c6)n5)cc4c3c2c1. The molecule has 5 heteroatoms. The van der Waals surface area contributed by atoms with E-state index in [-0.39, 0.29) is 0 Å². The molecule has 10 aromatic rings. The van der Waals surface area contributed by atoms with Crippen molar-refractivity contribution < 1.29 is 4.42 Å². The number of nitrogens with zero attached hydrogens (tertiary/aromatic N) is 3. The zero-order valence-corrected chi connectivity index (χ0v) is 27.4. The molecule has 2 aromatic heterocycles. The molecule has 0 aliphatic heterocycles. The first kappa shape index (κ1) is 28.6. The molecule has 0 amide bonds. The number of halogens is 1. The van der Waals surface area contributed by atoms with Crippen LogP contribution in [0.1, 0.15) is 0 Å². The second-order valence-electron chi connectivity index (χ2n) is 12.6. The predicted octanol–water partition coefficient (Wildman–Crippen LogP) is 12.6. The fourth-order valence-electron chi connectivity index (χ4n) is 7.09. The van der Waals surface area contributed by atoms with Gasteiger partial charge in [0, 0.05) is 32.5 Å². The molecular weight excluding hydrogens is 634 g/mol. The van der Waals surface area contributed by atoms with E-state index < -0.39 is 0 Å². The van der Waals surface area contributed by atoms with Crippen molar-refractivity contribution in [1.82, 2.24) is 15.0 Å². The summed E-state index contributed by atoms with van der Waals surface area (Å²) < 4.78 is 6.31. The largest absolute Gasteiger partial charge is 0.456 e. The standard InChI is InChI=1S/C45H26ClN3O/c46-35-19-15-29-17-22-41-42(38(29)26-35)39-25-34(18-21-40(39)50-41)45-48-43(32-11-6-10-30(23-32)27-7-2-1-3-8-27)47-44(49-45)33-16-20-37-31(24-33)14-13-28-9-4-5-12-36(28)37/h1-26H. The summed E-state index contributed by atoms with van der Waals surface area (Å²) in [6.07, 6.45) is 0. The lowest BCUT2D eigenvalue weighted by Gasteiger charge is -2.11. The third kappa shape index (κ3) is 4.80.